The molecule has 3 heterocycles. The first-order valence-electron chi connectivity index (χ1n) is 10.3. The molecule has 0 bridgehead atoms. The van der Waals surface area contributed by atoms with Gasteiger partial charge in [-0.05, 0) is 31.4 Å². The van der Waals surface area contributed by atoms with Crippen molar-refractivity contribution in [3.05, 3.63) is 30.1 Å². The average molecular weight is 388 g/mol. The van der Waals surface area contributed by atoms with Crippen LogP contribution in [0, 0.1) is 11.7 Å². The predicted molar refractivity (Wildman–Crippen MR) is 101 cm³/mol. The molecule has 3 amide bonds. The van der Waals surface area contributed by atoms with Gasteiger partial charge in [0.2, 0.25) is 11.8 Å². The van der Waals surface area contributed by atoms with Gasteiger partial charge in [-0.1, -0.05) is 12.1 Å². The lowest BCUT2D eigenvalue weighted by Crippen LogP contribution is -3.17. The fraction of sp³-hybridized carbons (Fsp3) is 0.571. The Hall–Kier alpha value is -2.28. The molecule has 6 nitrogen and oxygen atoms in total. The Morgan fingerprint density at radius 2 is 1.71 bits per heavy atom. The number of likely N-dealkylation sites (tertiary alicyclic amines) is 2. The summed E-state index contributed by atoms with van der Waals surface area (Å²) in [5, 5.41) is 0. The number of halogens is 1. The number of nitrogens with one attached hydrogen (secondary N) is 1. The Morgan fingerprint density at radius 3 is 2.39 bits per heavy atom. The van der Waals surface area contributed by atoms with Crippen LogP contribution in [0.3, 0.4) is 0 Å². The van der Waals surface area contributed by atoms with Crippen LogP contribution in [0.2, 0.25) is 0 Å². The third-order valence-corrected chi connectivity index (χ3v) is 6.38. The van der Waals surface area contributed by atoms with Crippen molar-refractivity contribution in [2.75, 3.05) is 31.1 Å². The number of benzene rings is 1. The van der Waals surface area contributed by atoms with Crippen LogP contribution in [0.1, 0.15) is 38.5 Å². The summed E-state index contributed by atoms with van der Waals surface area (Å²) in [4.78, 5) is 42.1. The fourth-order valence-electron chi connectivity index (χ4n) is 4.79. The van der Waals surface area contributed by atoms with Gasteiger partial charge in [0, 0.05) is 31.8 Å². The van der Waals surface area contributed by atoms with Crippen LogP contribution in [0.25, 0.3) is 0 Å². The maximum atomic E-state index is 14.1. The minimum atomic E-state index is -0.564. The molecule has 1 atom stereocenters. The summed E-state index contributed by atoms with van der Waals surface area (Å²) in [6.45, 7) is 3.11. The van der Waals surface area contributed by atoms with Crippen molar-refractivity contribution in [3.8, 4) is 0 Å². The van der Waals surface area contributed by atoms with Gasteiger partial charge < -0.3 is 9.80 Å². The molecule has 3 aliphatic heterocycles. The van der Waals surface area contributed by atoms with Crippen molar-refractivity contribution in [2.24, 2.45) is 5.92 Å². The van der Waals surface area contributed by atoms with E-state index in [2.05, 4.69) is 0 Å². The number of piperidine rings is 2. The van der Waals surface area contributed by atoms with Crippen molar-refractivity contribution in [1.29, 1.82) is 0 Å². The number of anilines is 1. The zero-order valence-electron chi connectivity index (χ0n) is 16.0. The van der Waals surface area contributed by atoms with Gasteiger partial charge >= 0.3 is 0 Å². The highest BCUT2D eigenvalue weighted by Crippen LogP contribution is 2.25. The molecule has 1 aromatic rings. The van der Waals surface area contributed by atoms with E-state index in [1.165, 1.54) is 24.6 Å². The predicted octanol–water partition coefficient (Wildman–Crippen LogP) is 0.765. The first-order chi connectivity index (χ1) is 13.6. The molecule has 3 aliphatic rings. The number of hydrogen-bond acceptors (Lipinski definition) is 3. The molecule has 0 unspecified atom stereocenters. The topological polar surface area (TPSA) is 62.1 Å². The molecule has 1 aromatic carbocycles. The molecule has 4 rings (SSSR count). The minimum absolute atomic E-state index is 0.0247. The van der Waals surface area contributed by atoms with Crippen molar-refractivity contribution >= 4 is 23.4 Å². The summed E-state index contributed by atoms with van der Waals surface area (Å²) in [7, 11) is 0. The van der Waals surface area contributed by atoms with Gasteiger partial charge in [-0.3, -0.25) is 14.4 Å². The number of imide groups is 1. The van der Waals surface area contributed by atoms with E-state index in [0.717, 1.165) is 48.6 Å². The number of quaternary nitrogens is 1. The lowest BCUT2D eigenvalue weighted by molar-refractivity contribution is -0.920. The molecule has 3 fully saturated rings. The van der Waals surface area contributed by atoms with Crippen LogP contribution in [-0.4, -0.2) is 54.8 Å². The summed E-state index contributed by atoms with van der Waals surface area (Å²) in [5.74, 6) is -0.965. The number of carbonyl (C=O) groups is 3. The SMILES string of the molecule is O=C(C1CC[NH+]([C@H]2CC(=O)N(c3ccccc3F)C2=O)CC1)N1CCCCC1. The van der Waals surface area contributed by atoms with Gasteiger partial charge in [-0.15, -0.1) is 0 Å². The van der Waals surface area contributed by atoms with Gasteiger partial charge in [0.25, 0.3) is 5.91 Å². The summed E-state index contributed by atoms with van der Waals surface area (Å²) in [6, 6.07) is 5.41. The zero-order chi connectivity index (χ0) is 19.7. The maximum Gasteiger partial charge on any atom is 0.292 e. The Balaban J connectivity index is 1.38. The number of para-hydroxylation sites is 1. The maximum absolute atomic E-state index is 14.1. The van der Waals surface area contributed by atoms with Crippen LogP contribution in [-0.2, 0) is 14.4 Å². The minimum Gasteiger partial charge on any atom is -0.342 e. The number of rotatable bonds is 3. The standard InChI is InChI=1S/C21H26FN3O3/c22-16-6-2-3-7-17(16)25-19(26)14-18(21(25)28)23-12-8-15(9-13-23)20(27)24-10-4-1-5-11-24/h2-3,6-7,15,18H,1,4-5,8-14H2/p+1/t18-/m0/s1. The average Bonchev–Trinajstić information content (AvgIpc) is 3.03. The molecule has 0 aromatic heterocycles. The van der Waals surface area contributed by atoms with Crippen molar-refractivity contribution in [1.82, 2.24) is 4.90 Å². The lowest BCUT2D eigenvalue weighted by Gasteiger charge is -2.35. The molecular weight excluding hydrogens is 361 g/mol. The largest absolute Gasteiger partial charge is 0.342 e. The second kappa shape index (κ2) is 7.99. The third-order valence-electron chi connectivity index (χ3n) is 6.38. The second-order valence-corrected chi connectivity index (χ2v) is 8.09. The molecular formula is C21H27FN3O3+. The molecule has 0 saturated carbocycles. The number of amides is 3. The van der Waals surface area contributed by atoms with E-state index in [4.69, 9.17) is 0 Å². The van der Waals surface area contributed by atoms with Gasteiger partial charge in [0.15, 0.2) is 6.04 Å². The van der Waals surface area contributed by atoms with Crippen LogP contribution < -0.4 is 9.80 Å². The highest BCUT2D eigenvalue weighted by atomic mass is 19.1. The van der Waals surface area contributed by atoms with E-state index >= 15 is 0 Å². The molecule has 0 spiro atoms. The van der Waals surface area contributed by atoms with E-state index in [9.17, 15) is 18.8 Å². The van der Waals surface area contributed by atoms with Crippen molar-refractivity contribution < 1.29 is 23.7 Å². The molecule has 7 heteroatoms. The Kier molecular flexibility index (Phi) is 5.44. The van der Waals surface area contributed by atoms with E-state index in [0.29, 0.717) is 13.1 Å². The second-order valence-electron chi connectivity index (χ2n) is 8.09. The normalized spacial score (nSPS) is 28.7. The quantitative estimate of drug-likeness (QED) is 0.778. The Labute approximate surface area is 164 Å². The summed E-state index contributed by atoms with van der Waals surface area (Å²) in [5.41, 5.74) is 0.0366. The molecule has 0 aliphatic carbocycles. The number of hydrogen-bond donors (Lipinski definition) is 1. The highest BCUT2D eigenvalue weighted by molar-refractivity contribution is 6.21. The van der Waals surface area contributed by atoms with Crippen molar-refractivity contribution in [3.63, 3.8) is 0 Å². The summed E-state index contributed by atoms with van der Waals surface area (Å²) >= 11 is 0. The molecule has 0 radical (unpaired) electrons. The van der Waals surface area contributed by atoms with E-state index in [1.54, 1.807) is 6.07 Å². The van der Waals surface area contributed by atoms with E-state index in [-0.39, 0.29) is 35.7 Å². The molecule has 3 saturated heterocycles. The molecule has 1 N–H and O–H groups in total. The first kappa shape index (κ1) is 19.1. The first-order valence-corrected chi connectivity index (χ1v) is 10.3. The Morgan fingerprint density at radius 1 is 1.04 bits per heavy atom. The van der Waals surface area contributed by atoms with Crippen LogP contribution >= 0.6 is 0 Å². The number of nitrogens with zero attached hydrogens (tertiary/aromatic N) is 2. The highest BCUT2D eigenvalue weighted by Gasteiger charge is 2.47. The van der Waals surface area contributed by atoms with Crippen LogP contribution in [0.4, 0.5) is 10.1 Å². The third kappa shape index (κ3) is 3.55. The zero-order valence-corrected chi connectivity index (χ0v) is 16.0. The van der Waals surface area contributed by atoms with Crippen molar-refractivity contribution in [2.45, 2.75) is 44.6 Å². The summed E-state index contributed by atoms with van der Waals surface area (Å²) < 4.78 is 14.1. The molecule has 28 heavy (non-hydrogen) atoms. The monoisotopic (exact) mass is 388 g/mol. The Bertz CT molecular complexity index is 770. The number of carbonyl (C=O) groups excluding carboxylic acids is 3. The fourth-order valence-corrected chi connectivity index (χ4v) is 4.79. The van der Waals surface area contributed by atoms with Gasteiger partial charge in [-0.25, -0.2) is 9.29 Å². The van der Waals surface area contributed by atoms with Crippen LogP contribution in [0.15, 0.2) is 24.3 Å². The van der Waals surface area contributed by atoms with Crippen LogP contribution in [0.5, 0.6) is 0 Å². The lowest BCUT2D eigenvalue weighted by atomic mass is 9.93. The van der Waals surface area contributed by atoms with Gasteiger partial charge in [0.05, 0.1) is 25.2 Å². The van der Waals surface area contributed by atoms with E-state index < -0.39 is 11.9 Å². The van der Waals surface area contributed by atoms with Gasteiger partial charge in [0.1, 0.15) is 5.82 Å². The molecule has 150 valence electrons. The van der Waals surface area contributed by atoms with E-state index in [1.807, 2.05) is 4.90 Å². The van der Waals surface area contributed by atoms with Gasteiger partial charge in [-0.2, -0.15) is 0 Å². The summed E-state index contributed by atoms with van der Waals surface area (Å²) in [6.07, 6.45) is 4.95. The smallest absolute Gasteiger partial charge is 0.292 e.